The monoisotopic (exact) mass is 805 g/mol. The average molecular weight is 806 g/mol. The van der Waals surface area contributed by atoms with Crippen LogP contribution in [0.15, 0.2) is 98.0 Å². The first-order chi connectivity index (χ1) is 23.0. The second kappa shape index (κ2) is 11.5. The molecule has 0 aliphatic heterocycles. The van der Waals surface area contributed by atoms with E-state index >= 15 is 0 Å². The zero-order valence-electron chi connectivity index (χ0n) is 26.8. The molecule has 0 aliphatic rings. The van der Waals surface area contributed by atoms with E-state index in [1.807, 2.05) is 47.4 Å². The number of imidazole rings is 2. The Hall–Kier alpha value is -5.13. The molecule has 48 heavy (non-hydrogen) atoms. The van der Waals surface area contributed by atoms with Crippen LogP contribution in [-0.2, 0) is 21.1 Å². The maximum Gasteiger partial charge on any atom is 2.00 e. The van der Waals surface area contributed by atoms with Crippen LogP contribution in [0.5, 0.6) is 11.5 Å². The maximum atomic E-state index is 6.47. The number of hydrogen-bond acceptors (Lipinski definition) is 5. The Bertz CT molecular complexity index is 2660. The van der Waals surface area contributed by atoms with Gasteiger partial charge in [0.1, 0.15) is 12.0 Å². The molecule has 0 N–H and O–H groups in total. The van der Waals surface area contributed by atoms with Gasteiger partial charge in [-0.1, -0.05) is 104 Å². The van der Waals surface area contributed by atoms with Gasteiger partial charge in [-0.05, 0) is 45.5 Å². The second-order valence-corrected chi connectivity index (χ2v) is 12.6. The Labute approximate surface area is 291 Å². The van der Waals surface area contributed by atoms with E-state index < -0.39 is 0 Å². The molecule has 236 valence electrons. The Kier molecular flexibility index (Phi) is 7.26. The summed E-state index contributed by atoms with van der Waals surface area (Å²) in [6, 6.07) is 28.5. The van der Waals surface area contributed by atoms with E-state index in [9.17, 15) is 0 Å². The number of fused-ring (bicyclic) bond motifs is 12. The van der Waals surface area contributed by atoms with Crippen LogP contribution in [0.3, 0.4) is 0 Å². The quantitative estimate of drug-likeness (QED) is 0.128. The minimum absolute atomic E-state index is 0. The van der Waals surface area contributed by atoms with Crippen molar-refractivity contribution in [2.24, 2.45) is 0 Å². The van der Waals surface area contributed by atoms with E-state index in [0.29, 0.717) is 23.3 Å². The Balaban J connectivity index is 0.00000336. The molecule has 0 unspecified atom stereocenters. The van der Waals surface area contributed by atoms with Crippen molar-refractivity contribution in [3.05, 3.63) is 121 Å². The molecule has 9 aromatic rings. The predicted octanol–water partition coefficient (Wildman–Crippen LogP) is 9.69. The van der Waals surface area contributed by atoms with Crippen molar-refractivity contribution in [3.63, 3.8) is 0 Å². The molecule has 0 saturated heterocycles. The molecule has 0 bridgehead atoms. The summed E-state index contributed by atoms with van der Waals surface area (Å²) in [5.74, 6) is 1.91. The number of rotatable bonds is 5. The summed E-state index contributed by atoms with van der Waals surface area (Å²) in [5, 5.41) is 5.90. The first-order valence-corrected chi connectivity index (χ1v) is 15.9. The molecule has 7 nitrogen and oxygen atoms in total. The third-order valence-electron chi connectivity index (χ3n) is 9.21. The maximum absolute atomic E-state index is 6.47. The molecular weight excluding hydrogens is 776 g/mol. The smallest absolute Gasteiger partial charge is 0.497 e. The molecule has 8 heteroatoms. The largest absolute Gasteiger partial charge is 2.00 e. The van der Waals surface area contributed by atoms with Crippen LogP contribution in [0.2, 0.25) is 0 Å². The van der Waals surface area contributed by atoms with Crippen LogP contribution < -0.4 is 4.74 Å². The molecule has 5 heterocycles. The fraction of sp³-hybridized carbons (Fsp3) is 0.150. The second-order valence-electron chi connectivity index (χ2n) is 12.6. The topological polar surface area (TPSA) is 69.6 Å². The number of nitrogens with zero attached hydrogens (tertiary/aromatic N) is 6. The first-order valence-electron chi connectivity index (χ1n) is 15.9. The van der Waals surface area contributed by atoms with Crippen molar-refractivity contribution in [2.75, 3.05) is 0 Å². The molecule has 0 amide bonds. The van der Waals surface area contributed by atoms with E-state index in [4.69, 9.17) is 9.72 Å². The number of pyridine rings is 2. The van der Waals surface area contributed by atoms with Crippen LogP contribution in [0.4, 0.5) is 0 Å². The van der Waals surface area contributed by atoms with Gasteiger partial charge in [0.25, 0.3) is 0 Å². The van der Waals surface area contributed by atoms with Gasteiger partial charge in [-0.25, -0.2) is 9.97 Å². The summed E-state index contributed by atoms with van der Waals surface area (Å²) in [5.41, 5.74) is 8.76. The van der Waals surface area contributed by atoms with Gasteiger partial charge in [0.05, 0.1) is 11.3 Å². The summed E-state index contributed by atoms with van der Waals surface area (Å²) in [7, 11) is 0. The van der Waals surface area contributed by atoms with Gasteiger partial charge in [0, 0.05) is 53.4 Å². The van der Waals surface area contributed by atoms with E-state index in [1.165, 1.54) is 27.6 Å². The Morgan fingerprint density at radius 2 is 1.27 bits per heavy atom. The van der Waals surface area contributed by atoms with Gasteiger partial charge in [-0.3, -0.25) is 9.97 Å². The zero-order chi connectivity index (χ0) is 31.8. The molecule has 0 saturated carbocycles. The van der Waals surface area contributed by atoms with Gasteiger partial charge in [0.15, 0.2) is 0 Å². The van der Waals surface area contributed by atoms with Gasteiger partial charge < -0.3 is 13.5 Å². The molecule has 5 aromatic heterocycles. The normalized spacial score (nSPS) is 12.0. The van der Waals surface area contributed by atoms with E-state index in [-0.39, 0.29) is 21.1 Å². The van der Waals surface area contributed by atoms with E-state index in [1.54, 1.807) is 12.5 Å². The third kappa shape index (κ3) is 4.52. The van der Waals surface area contributed by atoms with Crippen LogP contribution in [0.25, 0.3) is 65.9 Å². The van der Waals surface area contributed by atoms with Crippen LogP contribution in [0.1, 0.15) is 50.7 Å². The van der Waals surface area contributed by atoms with Crippen molar-refractivity contribution in [1.29, 1.82) is 0 Å². The standard InChI is InChI=1S/C40H30N6O.Pt/c1-23(2)27-7-5-8-28(24(3)4)36(27)31-9-6-10-35-37(31)30-14-12-26(20-33(30)38-42-15-17-45(35)38)47-25-11-13-29-32(19-25)39-43-16-18-46(39)40-34(29)21-41-22-44-40;/h5-18,21-24H,1-4H3;/q-2;+2. The van der Waals surface area contributed by atoms with Gasteiger partial charge >= 0.3 is 21.1 Å². The zero-order valence-corrected chi connectivity index (χ0v) is 29.1. The summed E-state index contributed by atoms with van der Waals surface area (Å²) in [6.45, 7) is 9.09. The van der Waals surface area contributed by atoms with E-state index in [2.05, 4.69) is 102 Å². The van der Waals surface area contributed by atoms with Gasteiger partial charge in [0.2, 0.25) is 0 Å². The van der Waals surface area contributed by atoms with Crippen LogP contribution in [0, 0.1) is 12.1 Å². The molecule has 0 aliphatic carbocycles. The third-order valence-corrected chi connectivity index (χ3v) is 9.21. The molecule has 0 atom stereocenters. The molecule has 0 spiro atoms. The van der Waals surface area contributed by atoms with Crippen molar-refractivity contribution >= 4 is 54.8 Å². The minimum atomic E-state index is 0. The Morgan fingerprint density at radius 1 is 0.646 bits per heavy atom. The number of hydrogen-bond donors (Lipinski definition) is 0. The van der Waals surface area contributed by atoms with Crippen molar-refractivity contribution in [2.45, 2.75) is 39.5 Å². The SMILES string of the molecule is CC(C)c1cccc(C(C)C)c1-c1cccc2c1c1ccc(Oc3[c-]c4c(cc3)c3cncnc3n3ccnc43)[c-]c1c1nccn21.[Pt+2]. The summed E-state index contributed by atoms with van der Waals surface area (Å²) in [6.07, 6.45) is 10.9. The fourth-order valence-corrected chi connectivity index (χ4v) is 7.11. The fourth-order valence-electron chi connectivity index (χ4n) is 7.11. The van der Waals surface area contributed by atoms with Gasteiger partial charge in [-0.2, -0.15) is 0 Å². The van der Waals surface area contributed by atoms with Crippen LogP contribution >= 0.6 is 0 Å². The summed E-state index contributed by atoms with van der Waals surface area (Å²) < 4.78 is 10.6. The first kappa shape index (κ1) is 30.2. The molecule has 4 aromatic carbocycles. The molecule has 0 fully saturated rings. The average Bonchev–Trinajstić information content (AvgIpc) is 3.79. The Morgan fingerprint density at radius 3 is 1.98 bits per heavy atom. The van der Waals surface area contributed by atoms with Crippen molar-refractivity contribution < 1.29 is 25.8 Å². The summed E-state index contributed by atoms with van der Waals surface area (Å²) >= 11 is 0. The predicted molar refractivity (Wildman–Crippen MR) is 187 cm³/mol. The number of benzene rings is 4. The van der Waals surface area contributed by atoms with Crippen molar-refractivity contribution in [3.8, 4) is 22.6 Å². The number of ether oxygens (including phenoxy) is 1. The number of aromatic nitrogens is 6. The van der Waals surface area contributed by atoms with Crippen LogP contribution in [-0.4, -0.2) is 28.7 Å². The summed E-state index contributed by atoms with van der Waals surface area (Å²) in [4.78, 5) is 18.2. The molecule has 0 radical (unpaired) electrons. The molecular formula is C40H30N6OPt. The molecule has 9 rings (SSSR count). The van der Waals surface area contributed by atoms with Gasteiger partial charge in [-0.15, -0.1) is 12.1 Å². The van der Waals surface area contributed by atoms with Crippen molar-refractivity contribution in [1.82, 2.24) is 28.7 Å². The minimum Gasteiger partial charge on any atom is -0.497 e. The van der Waals surface area contributed by atoms with E-state index in [0.717, 1.165) is 49.4 Å².